The number of nitrogens with one attached hydrogen (secondary N) is 1. The number of ether oxygens (including phenoxy) is 1. The van der Waals surface area contributed by atoms with Gasteiger partial charge in [0.1, 0.15) is 11.8 Å². The van der Waals surface area contributed by atoms with Crippen LogP contribution in [0.15, 0.2) is 48.9 Å². The van der Waals surface area contributed by atoms with Crippen molar-refractivity contribution in [3.8, 4) is 28.7 Å². The maximum Gasteiger partial charge on any atom is 0.303 e. The minimum absolute atomic E-state index is 0.0751. The zero-order chi connectivity index (χ0) is 22.8. The molecule has 0 amide bonds. The molecule has 1 aliphatic rings. The minimum Gasteiger partial charge on any atom is -0.481 e. The van der Waals surface area contributed by atoms with Crippen LogP contribution in [0, 0.1) is 5.92 Å². The number of aliphatic carboxylic acids is 1. The average Bonchev–Trinajstić information content (AvgIpc) is 3.24. The second kappa shape index (κ2) is 9.15. The molecule has 0 atom stereocenters. The molecule has 33 heavy (non-hydrogen) atoms. The minimum atomic E-state index is -0.727. The number of hydrogen-bond donors (Lipinski definition) is 2. The molecule has 1 fully saturated rings. The molecule has 8 nitrogen and oxygen atoms in total. The van der Waals surface area contributed by atoms with Gasteiger partial charge in [0.05, 0.1) is 29.1 Å². The number of fused-ring (bicyclic) bond motifs is 1. The third-order valence-electron chi connectivity index (χ3n) is 5.91. The van der Waals surface area contributed by atoms with E-state index in [1.807, 2.05) is 24.3 Å². The summed E-state index contributed by atoms with van der Waals surface area (Å²) in [6, 6.07) is 9.22. The Bertz CT molecular complexity index is 1270. The van der Waals surface area contributed by atoms with Crippen molar-refractivity contribution in [3.63, 3.8) is 0 Å². The van der Waals surface area contributed by atoms with Gasteiger partial charge in [-0.05, 0) is 55.9 Å². The summed E-state index contributed by atoms with van der Waals surface area (Å²) in [7, 11) is 0. The molecule has 1 saturated carbocycles. The van der Waals surface area contributed by atoms with Crippen LogP contribution >= 0.6 is 11.6 Å². The molecule has 0 unspecified atom stereocenters. The Morgan fingerprint density at radius 3 is 2.52 bits per heavy atom. The molecular formula is C24H22ClN5O3. The number of aromatic amines is 1. The van der Waals surface area contributed by atoms with Crippen molar-refractivity contribution >= 4 is 28.6 Å². The van der Waals surface area contributed by atoms with Gasteiger partial charge in [-0.25, -0.2) is 15.0 Å². The zero-order valence-electron chi connectivity index (χ0n) is 17.7. The first-order chi connectivity index (χ1) is 16.0. The Morgan fingerprint density at radius 2 is 1.82 bits per heavy atom. The number of imidazole rings is 1. The SMILES string of the molecule is O=C(O)CC1CCC(Oc2ccc(-c3cnc(-c4nc5ccc(Cl)cc5[nH]4)cn3)cn2)CC1. The highest BCUT2D eigenvalue weighted by molar-refractivity contribution is 6.31. The molecule has 9 heteroatoms. The van der Waals surface area contributed by atoms with E-state index in [1.165, 1.54) is 0 Å². The Kier molecular flexibility index (Phi) is 5.92. The third-order valence-corrected chi connectivity index (χ3v) is 6.15. The Morgan fingerprint density at radius 1 is 1.03 bits per heavy atom. The number of carboxylic acid groups (broad SMARTS) is 1. The number of nitrogens with zero attached hydrogens (tertiary/aromatic N) is 4. The number of pyridine rings is 1. The summed E-state index contributed by atoms with van der Waals surface area (Å²) in [5.41, 5.74) is 3.83. The van der Waals surface area contributed by atoms with Crippen LogP contribution in [0.5, 0.6) is 5.88 Å². The maximum atomic E-state index is 10.9. The number of carbonyl (C=O) groups is 1. The molecule has 4 aromatic rings. The molecule has 0 spiro atoms. The number of rotatable bonds is 6. The molecule has 1 aliphatic carbocycles. The van der Waals surface area contributed by atoms with Crippen LogP contribution in [-0.2, 0) is 4.79 Å². The summed E-state index contributed by atoms with van der Waals surface area (Å²) in [5.74, 6) is 0.712. The molecule has 3 heterocycles. The van der Waals surface area contributed by atoms with E-state index in [4.69, 9.17) is 21.4 Å². The molecule has 1 aromatic carbocycles. The van der Waals surface area contributed by atoms with Gasteiger partial charge in [0.25, 0.3) is 0 Å². The average molecular weight is 464 g/mol. The lowest BCUT2D eigenvalue weighted by Gasteiger charge is -2.27. The van der Waals surface area contributed by atoms with Gasteiger partial charge in [0.15, 0.2) is 5.82 Å². The fourth-order valence-corrected chi connectivity index (χ4v) is 4.35. The van der Waals surface area contributed by atoms with E-state index in [1.54, 1.807) is 24.7 Å². The summed E-state index contributed by atoms with van der Waals surface area (Å²) in [5, 5.41) is 9.58. The lowest BCUT2D eigenvalue weighted by molar-refractivity contribution is -0.138. The van der Waals surface area contributed by atoms with E-state index in [9.17, 15) is 4.79 Å². The molecule has 0 bridgehead atoms. The predicted molar refractivity (Wildman–Crippen MR) is 124 cm³/mol. The highest BCUT2D eigenvalue weighted by atomic mass is 35.5. The van der Waals surface area contributed by atoms with Crippen molar-refractivity contribution in [2.45, 2.75) is 38.2 Å². The Hall–Kier alpha value is -3.52. The maximum absolute atomic E-state index is 10.9. The van der Waals surface area contributed by atoms with Crippen molar-refractivity contribution in [3.05, 3.63) is 53.9 Å². The van der Waals surface area contributed by atoms with Gasteiger partial charge in [0.2, 0.25) is 5.88 Å². The highest BCUT2D eigenvalue weighted by Crippen LogP contribution is 2.30. The molecule has 3 aromatic heterocycles. The van der Waals surface area contributed by atoms with Gasteiger partial charge in [0, 0.05) is 29.3 Å². The molecular weight excluding hydrogens is 442 g/mol. The standard InChI is InChI=1S/C24H22ClN5O3/c25-16-4-7-18-19(10-16)30-24(29-18)21-13-26-20(12-27-21)15-3-8-22(28-11-15)33-17-5-1-14(2-6-17)9-23(31)32/h3-4,7-8,10-14,17H,1-2,5-6,9H2,(H,29,30)(H,31,32). The van der Waals surface area contributed by atoms with Gasteiger partial charge < -0.3 is 14.8 Å². The van der Waals surface area contributed by atoms with Gasteiger partial charge >= 0.3 is 5.97 Å². The lowest BCUT2D eigenvalue weighted by atomic mass is 9.85. The highest BCUT2D eigenvalue weighted by Gasteiger charge is 2.24. The summed E-state index contributed by atoms with van der Waals surface area (Å²) in [4.78, 5) is 32.0. The van der Waals surface area contributed by atoms with Crippen molar-refractivity contribution < 1.29 is 14.6 Å². The number of H-pyrrole nitrogens is 1. The van der Waals surface area contributed by atoms with Crippen molar-refractivity contribution in [2.24, 2.45) is 5.92 Å². The summed E-state index contributed by atoms with van der Waals surface area (Å²) < 4.78 is 6.00. The van der Waals surface area contributed by atoms with Crippen molar-refractivity contribution in [1.82, 2.24) is 24.9 Å². The van der Waals surface area contributed by atoms with Crippen molar-refractivity contribution in [2.75, 3.05) is 0 Å². The molecule has 0 radical (unpaired) electrons. The van der Waals surface area contributed by atoms with E-state index in [2.05, 4.69) is 24.9 Å². The Balaban J connectivity index is 1.22. The second-order valence-electron chi connectivity index (χ2n) is 8.28. The summed E-state index contributed by atoms with van der Waals surface area (Å²) in [6.07, 6.45) is 8.84. The van der Waals surface area contributed by atoms with Gasteiger partial charge in [-0.2, -0.15) is 0 Å². The van der Waals surface area contributed by atoms with E-state index in [0.29, 0.717) is 28.1 Å². The number of carboxylic acids is 1. The normalized spacial score (nSPS) is 18.3. The molecule has 168 valence electrons. The van der Waals surface area contributed by atoms with Crippen molar-refractivity contribution in [1.29, 1.82) is 0 Å². The number of aromatic nitrogens is 5. The topological polar surface area (TPSA) is 114 Å². The fraction of sp³-hybridized carbons (Fsp3) is 0.292. The second-order valence-corrected chi connectivity index (χ2v) is 8.71. The van der Waals surface area contributed by atoms with Crippen LogP contribution in [0.2, 0.25) is 5.02 Å². The molecule has 0 aliphatic heterocycles. The van der Waals surface area contributed by atoms with E-state index in [0.717, 1.165) is 42.3 Å². The van der Waals surface area contributed by atoms with Gasteiger partial charge in [-0.1, -0.05) is 11.6 Å². The number of hydrogen-bond acceptors (Lipinski definition) is 6. The molecule has 0 saturated heterocycles. The van der Waals surface area contributed by atoms with E-state index < -0.39 is 5.97 Å². The van der Waals surface area contributed by atoms with Crippen LogP contribution in [0.25, 0.3) is 33.8 Å². The van der Waals surface area contributed by atoms with Gasteiger partial charge in [-0.3, -0.25) is 9.78 Å². The number of halogens is 1. The van der Waals surface area contributed by atoms with Crippen LogP contribution in [0.4, 0.5) is 0 Å². The quantitative estimate of drug-likeness (QED) is 0.406. The Labute approximate surface area is 195 Å². The first-order valence-corrected chi connectivity index (χ1v) is 11.2. The smallest absolute Gasteiger partial charge is 0.303 e. The summed E-state index contributed by atoms with van der Waals surface area (Å²) >= 11 is 6.04. The summed E-state index contributed by atoms with van der Waals surface area (Å²) in [6.45, 7) is 0. The monoisotopic (exact) mass is 463 g/mol. The van der Waals surface area contributed by atoms with Gasteiger partial charge in [-0.15, -0.1) is 0 Å². The van der Waals surface area contributed by atoms with Crippen LogP contribution < -0.4 is 4.74 Å². The first-order valence-electron chi connectivity index (χ1n) is 10.9. The molecule has 5 rings (SSSR count). The number of benzene rings is 1. The third kappa shape index (κ3) is 4.96. The van der Waals surface area contributed by atoms with E-state index in [-0.39, 0.29) is 18.4 Å². The van der Waals surface area contributed by atoms with Crippen LogP contribution in [-0.4, -0.2) is 42.1 Å². The first kappa shape index (κ1) is 21.3. The largest absolute Gasteiger partial charge is 0.481 e. The van der Waals surface area contributed by atoms with Crippen LogP contribution in [0.1, 0.15) is 32.1 Å². The van der Waals surface area contributed by atoms with Crippen LogP contribution in [0.3, 0.4) is 0 Å². The fourth-order valence-electron chi connectivity index (χ4n) is 4.18. The van der Waals surface area contributed by atoms with E-state index >= 15 is 0 Å². The zero-order valence-corrected chi connectivity index (χ0v) is 18.5. The lowest BCUT2D eigenvalue weighted by Crippen LogP contribution is -2.25. The molecule has 2 N–H and O–H groups in total. The predicted octanol–water partition coefficient (Wildman–Crippen LogP) is 5.15.